The summed E-state index contributed by atoms with van der Waals surface area (Å²) in [7, 11) is 0. The lowest BCUT2D eigenvalue weighted by Crippen LogP contribution is -2.36. The topological polar surface area (TPSA) is 29.0 Å². The molecule has 0 aliphatic carbocycles. The zero-order valence-electron chi connectivity index (χ0n) is 9.99. The maximum atomic E-state index is 13.9. The van der Waals surface area contributed by atoms with E-state index in [0.717, 1.165) is 25.9 Å². The normalized spacial score (nSPS) is 20.6. The second-order valence-electron chi connectivity index (χ2n) is 4.53. The van der Waals surface area contributed by atoms with E-state index in [4.69, 9.17) is 11.6 Å². The third kappa shape index (κ3) is 2.86. The molecule has 1 atom stereocenters. The van der Waals surface area contributed by atoms with Crippen LogP contribution in [0.4, 0.5) is 10.2 Å². The molecule has 0 radical (unpaired) electrons. The quantitative estimate of drug-likeness (QED) is 0.780. The van der Waals surface area contributed by atoms with Gasteiger partial charge < -0.3 is 4.90 Å². The minimum Gasteiger partial charge on any atom is -0.354 e. The molecule has 94 valence electrons. The first-order valence-corrected chi connectivity index (χ1v) is 6.54. The molecule has 1 aromatic rings. The van der Waals surface area contributed by atoms with Crippen molar-refractivity contribution in [1.29, 1.82) is 0 Å². The van der Waals surface area contributed by atoms with E-state index in [-0.39, 0.29) is 5.82 Å². The molecule has 0 aromatic carbocycles. The van der Waals surface area contributed by atoms with Crippen LogP contribution in [0.3, 0.4) is 0 Å². The molecule has 1 aromatic heterocycles. The number of piperidine rings is 1. The molecule has 1 aliphatic heterocycles. The number of rotatable bonds is 3. The zero-order chi connectivity index (χ0) is 12.3. The molecule has 0 amide bonds. The Morgan fingerprint density at radius 2 is 2.35 bits per heavy atom. The lowest BCUT2D eigenvalue weighted by Gasteiger charge is -2.33. The molecule has 0 spiro atoms. The molecule has 0 saturated carbocycles. The van der Waals surface area contributed by atoms with E-state index < -0.39 is 0 Å². The van der Waals surface area contributed by atoms with Gasteiger partial charge in [0.05, 0.1) is 5.69 Å². The van der Waals surface area contributed by atoms with Gasteiger partial charge in [-0.2, -0.15) is 0 Å². The van der Waals surface area contributed by atoms with E-state index >= 15 is 0 Å². The fourth-order valence-corrected chi connectivity index (χ4v) is 2.62. The van der Waals surface area contributed by atoms with Crippen molar-refractivity contribution in [3.05, 3.63) is 17.8 Å². The van der Waals surface area contributed by atoms with Crippen LogP contribution in [0.5, 0.6) is 0 Å². The van der Waals surface area contributed by atoms with Crippen LogP contribution >= 0.6 is 11.6 Å². The average Bonchev–Trinajstić information content (AvgIpc) is 2.33. The SMILES string of the molecule is Cc1ncnc(N2CCCC(CCCl)C2)c1F. The predicted octanol–water partition coefficient (Wildman–Crippen LogP) is 2.77. The van der Waals surface area contributed by atoms with Crippen LogP contribution in [0.2, 0.25) is 0 Å². The number of aryl methyl sites for hydroxylation is 1. The molecular weight excluding hydrogens is 241 g/mol. The van der Waals surface area contributed by atoms with E-state index in [2.05, 4.69) is 9.97 Å². The van der Waals surface area contributed by atoms with Crippen molar-refractivity contribution < 1.29 is 4.39 Å². The number of hydrogen-bond donors (Lipinski definition) is 0. The molecule has 2 rings (SSSR count). The molecule has 5 heteroatoms. The van der Waals surface area contributed by atoms with Gasteiger partial charge in [-0.1, -0.05) is 0 Å². The maximum Gasteiger partial charge on any atom is 0.186 e. The minimum absolute atomic E-state index is 0.293. The Hall–Kier alpha value is -0.900. The second kappa shape index (κ2) is 5.63. The Morgan fingerprint density at radius 1 is 1.53 bits per heavy atom. The van der Waals surface area contributed by atoms with E-state index in [1.54, 1.807) is 6.92 Å². The van der Waals surface area contributed by atoms with E-state index in [0.29, 0.717) is 23.3 Å². The van der Waals surface area contributed by atoms with Gasteiger partial charge in [-0.15, -0.1) is 11.6 Å². The van der Waals surface area contributed by atoms with Gasteiger partial charge in [-0.05, 0) is 32.1 Å². The van der Waals surface area contributed by atoms with Gasteiger partial charge in [-0.25, -0.2) is 14.4 Å². The van der Waals surface area contributed by atoms with Gasteiger partial charge in [0.25, 0.3) is 0 Å². The molecule has 3 nitrogen and oxygen atoms in total. The third-order valence-electron chi connectivity index (χ3n) is 3.28. The molecule has 0 bridgehead atoms. The summed E-state index contributed by atoms with van der Waals surface area (Å²) in [5.74, 6) is 1.37. The van der Waals surface area contributed by atoms with Crippen LogP contribution in [-0.4, -0.2) is 28.9 Å². The number of hydrogen-bond acceptors (Lipinski definition) is 3. The largest absolute Gasteiger partial charge is 0.354 e. The molecule has 17 heavy (non-hydrogen) atoms. The third-order valence-corrected chi connectivity index (χ3v) is 3.50. The van der Waals surface area contributed by atoms with Crippen LogP contribution < -0.4 is 4.90 Å². The first kappa shape index (κ1) is 12.6. The highest BCUT2D eigenvalue weighted by Gasteiger charge is 2.23. The Morgan fingerprint density at radius 3 is 3.12 bits per heavy atom. The van der Waals surface area contributed by atoms with Gasteiger partial charge in [0.15, 0.2) is 11.6 Å². The van der Waals surface area contributed by atoms with E-state index in [1.165, 1.54) is 12.7 Å². The minimum atomic E-state index is -0.293. The lowest BCUT2D eigenvalue weighted by atomic mass is 9.95. The molecule has 1 unspecified atom stereocenters. The van der Waals surface area contributed by atoms with E-state index in [9.17, 15) is 4.39 Å². The highest BCUT2D eigenvalue weighted by Crippen LogP contribution is 2.26. The molecule has 1 aliphatic rings. The number of nitrogens with zero attached hydrogens (tertiary/aromatic N) is 3. The molecular formula is C12H17ClFN3. The monoisotopic (exact) mass is 257 g/mol. The first-order valence-electron chi connectivity index (χ1n) is 6.00. The standard InChI is InChI=1S/C12H17ClFN3/c1-9-11(14)12(16-8-15-9)17-6-2-3-10(7-17)4-5-13/h8,10H,2-7H2,1H3. The highest BCUT2D eigenvalue weighted by molar-refractivity contribution is 6.17. The van der Waals surface area contributed by atoms with E-state index in [1.807, 2.05) is 4.90 Å². The maximum absolute atomic E-state index is 13.9. The van der Waals surface area contributed by atoms with Crippen molar-refractivity contribution in [3.63, 3.8) is 0 Å². The van der Waals surface area contributed by atoms with Crippen LogP contribution in [0.1, 0.15) is 25.0 Å². The lowest BCUT2D eigenvalue weighted by molar-refractivity contribution is 0.400. The predicted molar refractivity (Wildman–Crippen MR) is 67.0 cm³/mol. The highest BCUT2D eigenvalue weighted by atomic mass is 35.5. The Labute approximate surface area is 106 Å². The zero-order valence-corrected chi connectivity index (χ0v) is 10.8. The van der Waals surface area contributed by atoms with Gasteiger partial charge in [-0.3, -0.25) is 0 Å². The summed E-state index contributed by atoms with van der Waals surface area (Å²) >= 11 is 5.77. The van der Waals surface area contributed by atoms with Crippen molar-refractivity contribution in [1.82, 2.24) is 9.97 Å². The molecule has 1 fully saturated rings. The summed E-state index contributed by atoms with van der Waals surface area (Å²) in [6.45, 7) is 3.38. The first-order chi connectivity index (χ1) is 8.22. The van der Waals surface area contributed by atoms with Gasteiger partial charge in [0.1, 0.15) is 6.33 Å². The van der Waals surface area contributed by atoms with Crippen molar-refractivity contribution in [3.8, 4) is 0 Å². The van der Waals surface area contributed by atoms with Crippen LogP contribution in [-0.2, 0) is 0 Å². The van der Waals surface area contributed by atoms with Gasteiger partial charge >= 0.3 is 0 Å². The van der Waals surface area contributed by atoms with Crippen LogP contribution in [0, 0.1) is 18.7 Å². The van der Waals surface area contributed by atoms with Crippen molar-refractivity contribution >= 4 is 17.4 Å². The van der Waals surface area contributed by atoms with Gasteiger partial charge in [0, 0.05) is 19.0 Å². The molecule has 2 heterocycles. The summed E-state index contributed by atoms with van der Waals surface area (Å²) in [6, 6.07) is 0. The Kier molecular flexibility index (Phi) is 4.15. The fraction of sp³-hybridized carbons (Fsp3) is 0.667. The van der Waals surface area contributed by atoms with Gasteiger partial charge in [0.2, 0.25) is 0 Å². The summed E-state index contributed by atoms with van der Waals surface area (Å²) in [5, 5.41) is 0. The molecule has 1 saturated heterocycles. The second-order valence-corrected chi connectivity index (χ2v) is 4.91. The average molecular weight is 258 g/mol. The van der Waals surface area contributed by atoms with Crippen LogP contribution in [0.25, 0.3) is 0 Å². The summed E-state index contributed by atoms with van der Waals surface area (Å²) in [6.07, 6.45) is 4.67. The van der Waals surface area contributed by atoms with Crippen molar-refractivity contribution in [2.45, 2.75) is 26.2 Å². The summed E-state index contributed by atoms with van der Waals surface area (Å²) in [4.78, 5) is 9.94. The fourth-order valence-electron chi connectivity index (χ4n) is 2.31. The summed E-state index contributed by atoms with van der Waals surface area (Å²) < 4.78 is 13.9. The van der Waals surface area contributed by atoms with Crippen LogP contribution in [0.15, 0.2) is 6.33 Å². The summed E-state index contributed by atoms with van der Waals surface area (Å²) in [5.41, 5.74) is 0.412. The number of anilines is 1. The smallest absolute Gasteiger partial charge is 0.186 e. The van der Waals surface area contributed by atoms with Crippen molar-refractivity contribution in [2.75, 3.05) is 23.9 Å². The Balaban J connectivity index is 2.13. The molecule has 0 N–H and O–H groups in total. The van der Waals surface area contributed by atoms with Crippen molar-refractivity contribution in [2.24, 2.45) is 5.92 Å². The Bertz CT molecular complexity index is 384. The number of halogens is 2. The number of alkyl halides is 1. The number of aromatic nitrogens is 2.